The molecule has 3 heterocycles. The molecule has 50 heavy (non-hydrogen) atoms. The number of carbonyl (C=O) groups is 3. The number of piperidine rings is 1. The Kier molecular flexibility index (Phi) is 12.2. The summed E-state index contributed by atoms with van der Waals surface area (Å²) in [5.41, 5.74) is -1.42. The highest BCUT2D eigenvalue weighted by atomic mass is 19.4. The normalized spacial score (nSPS) is 14.7. The van der Waals surface area contributed by atoms with Gasteiger partial charge in [-0.05, 0) is 48.9 Å². The van der Waals surface area contributed by atoms with Gasteiger partial charge in [-0.2, -0.15) is 17.6 Å². The van der Waals surface area contributed by atoms with Gasteiger partial charge in [0.05, 0.1) is 18.4 Å². The van der Waals surface area contributed by atoms with E-state index in [9.17, 15) is 54.3 Å². The van der Waals surface area contributed by atoms with Crippen LogP contribution in [-0.4, -0.2) is 74.0 Å². The fourth-order valence-corrected chi connectivity index (χ4v) is 5.14. The first kappa shape index (κ1) is 37.8. The van der Waals surface area contributed by atoms with Gasteiger partial charge in [0.15, 0.2) is 5.69 Å². The maximum absolute atomic E-state index is 14.8. The van der Waals surface area contributed by atoms with Crippen LogP contribution >= 0.6 is 0 Å². The topological polar surface area (TPSA) is 140 Å². The predicted octanol–water partition coefficient (Wildman–Crippen LogP) is 4.36. The molecule has 0 radical (unpaired) electrons. The van der Waals surface area contributed by atoms with Crippen molar-refractivity contribution in [2.24, 2.45) is 5.92 Å². The van der Waals surface area contributed by atoms with E-state index in [0.717, 1.165) is 38.5 Å². The summed E-state index contributed by atoms with van der Waals surface area (Å²) in [7, 11) is 0. The van der Waals surface area contributed by atoms with Crippen molar-refractivity contribution in [3.63, 3.8) is 0 Å². The van der Waals surface area contributed by atoms with E-state index in [0.29, 0.717) is 5.56 Å². The van der Waals surface area contributed by atoms with Crippen molar-refractivity contribution >= 4 is 23.4 Å². The van der Waals surface area contributed by atoms with Crippen LogP contribution in [0.25, 0.3) is 0 Å². The van der Waals surface area contributed by atoms with E-state index in [-0.39, 0.29) is 70.0 Å². The Morgan fingerprint density at radius 1 is 1.06 bits per heavy atom. The van der Waals surface area contributed by atoms with Crippen LogP contribution in [0.15, 0.2) is 47.5 Å². The van der Waals surface area contributed by atoms with Crippen molar-refractivity contribution < 1.29 is 54.2 Å². The SMILES string of the molecule is O=C(CC1CCN(C(=O)CC(F)(F)F)CC1)Nc1ccn(CCC(F)Cn2cc(C(=O)NCc3cccc(OC(F)(F)F)c3)nn2)c(=O)c1F. The zero-order chi connectivity index (χ0) is 36.6. The molecule has 2 N–H and O–H groups in total. The van der Waals surface area contributed by atoms with Crippen LogP contribution < -0.4 is 20.9 Å². The second-order valence-electron chi connectivity index (χ2n) is 11.5. The number of pyridine rings is 1. The number of alkyl halides is 7. The molecule has 1 aliphatic heterocycles. The summed E-state index contributed by atoms with van der Waals surface area (Å²) >= 11 is 0. The minimum atomic E-state index is -4.88. The second kappa shape index (κ2) is 16.1. The van der Waals surface area contributed by atoms with E-state index in [1.54, 1.807) is 0 Å². The van der Waals surface area contributed by atoms with Crippen molar-refractivity contribution in [3.05, 3.63) is 70.2 Å². The number of anilines is 1. The number of aromatic nitrogens is 4. The average Bonchev–Trinajstić information content (AvgIpc) is 3.49. The zero-order valence-electron chi connectivity index (χ0n) is 26.1. The van der Waals surface area contributed by atoms with Crippen LogP contribution in [0.3, 0.4) is 0 Å². The number of aryl methyl sites for hydroxylation is 1. The Labute approximate surface area is 278 Å². The third kappa shape index (κ3) is 11.5. The number of hydrogen-bond acceptors (Lipinski definition) is 7. The van der Waals surface area contributed by atoms with Gasteiger partial charge in [0, 0.05) is 38.8 Å². The molecule has 12 nitrogen and oxygen atoms in total. The summed E-state index contributed by atoms with van der Waals surface area (Å²) in [4.78, 5) is 50.2. The van der Waals surface area contributed by atoms with Gasteiger partial charge >= 0.3 is 12.5 Å². The Hall–Kier alpha value is -5.04. The molecule has 272 valence electrons. The molecule has 3 aromatic rings. The summed E-state index contributed by atoms with van der Waals surface area (Å²) in [6, 6.07) is 6.09. The molecule has 0 aliphatic carbocycles. The third-order valence-corrected chi connectivity index (χ3v) is 7.60. The molecule has 20 heteroatoms. The lowest BCUT2D eigenvalue weighted by molar-refractivity contribution is -0.274. The number of carbonyl (C=O) groups excluding carboxylic acids is 3. The molecule has 0 bridgehead atoms. The molecule has 2 aromatic heterocycles. The molecular weight excluding hydrogens is 690 g/mol. The predicted molar refractivity (Wildman–Crippen MR) is 158 cm³/mol. The van der Waals surface area contributed by atoms with Crippen molar-refractivity contribution in [3.8, 4) is 5.75 Å². The third-order valence-electron chi connectivity index (χ3n) is 7.60. The molecular formula is C30H31F8N7O5. The first-order chi connectivity index (χ1) is 23.5. The lowest BCUT2D eigenvalue weighted by Crippen LogP contribution is -2.40. The van der Waals surface area contributed by atoms with Gasteiger partial charge in [-0.1, -0.05) is 17.3 Å². The Morgan fingerprint density at radius 3 is 2.46 bits per heavy atom. The second-order valence-corrected chi connectivity index (χ2v) is 11.5. The number of likely N-dealkylation sites (tertiary alicyclic amines) is 1. The minimum absolute atomic E-state index is 0.0471. The first-order valence-corrected chi connectivity index (χ1v) is 15.2. The summed E-state index contributed by atoms with van der Waals surface area (Å²) < 4.78 is 110. The van der Waals surface area contributed by atoms with Gasteiger partial charge < -0.3 is 24.8 Å². The number of halogens is 8. The van der Waals surface area contributed by atoms with Gasteiger partial charge in [0.1, 0.15) is 18.3 Å². The molecule has 1 saturated heterocycles. The Bertz CT molecular complexity index is 1720. The first-order valence-electron chi connectivity index (χ1n) is 15.2. The summed E-state index contributed by atoms with van der Waals surface area (Å²) in [6.07, 6.45) is -10.2. The highest BCUT2D eigenvalue weighted by molar-refractivity contribution is 5.92. The number of nitrogens with one attached hydrogen (secondary N) is 2. The van der Waals surface area contributed by atoms with Crippen molar-refractivity contribution in [1.82, 2.24) is 29.8 Å². The van der Waals surface area contributed by atoms with E-state index in [1.807, 2.05) is 0 Å². The fraction of sp³-hybridized carbons (Fsp3) is 0.467. The highest BCUT2D eigenvalue weighted by Gasteiger charge is 2.35. The van der Waals surface area contributed by atoms with Crippen molar-refractivity contribution in [1.29, 1.82) is 0 Å². The molecule has 1 atom stereocenters. The van der Waals surface area contributed by atoms with E-state index in [2.05, 4.69) is 25.7 Å². The van der Waals surface area contributed by atoms with E-state index in [1.165, 1.54) is 18.3 Å². The molecule has 4 rings (SSSR count). The monoisotopic (exact) mass is 721 g/mol. The Balaban J connectivity index is 1.21. The number of hydrogen-bond donors (Lipinski definition) is 2. The zero-order valence-corrected chi connectivity index (χ0v) is 26.1. The summed E-state index contributed by atoms with van der Waals surface area (Å²) in [5, 5.41) is 12.1. The van der Waals surface area contributed by atoms with Crippen LogP contribution in [0.4, 0.5) is 40.8 Å². The average molecular weight is 722 g/mol. The number of amides is 3. The molecule has 1 aliphatic rings. The van der Waals surface area contributed by atoms with Gasteiger partial charge in [-0.3, -0.25) is 19.2 Å². The Morgan fingerprint density at radius 2 is 1.78 bits per heavy atom. The van der Waals surface area contributed by atoms with Crippen LogP contribution in [-0.2, 0) is 29.2 Å². The van der Waals surface area contributed by atoms with E-state index >= 15 is 0 Å². The van der Waals surface area contributed by atoms with Gasteiger partial charge in [0.25, 0.3) is 11.5 Å². The van der Waals surface area contributed by atoms with E-state index in [4.69, 9.17) is 0 Å². The van der Waals surface area contributed by atoms with Crippen molar-refractivity contribution in [2.75, 3.05) is 18.4 Å². The molecule has 1 unspecified atom stereocenters. The lowest BCUT2D eigenvalue weighted by atomic mass is 9.93. The number of benzene rings is 1. The standard InChI is InChI=1S/C30H31F8N7O5/c31-20(16-45-17-23(41-42-45)27(48)39-15-19-2-1-3-21(12-19)50-30(36,37)38)6-10-44-11-7-22(26(32)28(44)49)40-24(46)13-18-4-8-43(9-5-18)25(47)14-29(33,34)35/h1-3,7,11-12,17-18,20H,4-6,8-10,13-16H2,(H,39,48)(H,40,46). The van der Waals surface area contributed by atoms with Crippen LogP contribution in [0, 0.1) is 11.7 Å². The molecule has 3 amide bonds. The van der Waals surface area contributed by atoms with Crippen LogP contribution in [0.2, 0.25) is 0 Å². The smallest absolute Gasteiger partial charge is 0.406 e. The summed E-state index contributed by atoms with van der Waals surface area (Å²) in [5.74, 6) is -4.41. The maximum Gasteiger partial charge on any atom is 0.573 e. The van der Waals surface area contributed by atoms with Crippen LogP contribution in [0.5, 0.6) is 5.75 Å². The molecule has 0 saturated carbocycles. The van der Waals surface area contributed by atoms with Gasteiger partial charge in [-0.25, -0.2) is 9.07 Å². The van der Waals surface area contributed by atoms with E-state index < -0.39 is 65.7 Å². The summed E-state index contributed by atoms with van der Waals surface area (Å²) in [6.45, 7) is -0.704. The largest absolute Gasteiger partial charge is 0.573 e. The minimum Gasteiger partial charge on any atom is -0.406 e. The molecule has 0 spiro atoms. The number of nitrogens with zero attached hydrogens (tertiary/aromatic N) is 5. The number of rotatable bonds is 13. The fourth-order valence-electron chi connectivity index (χ4n) is 5.14. The lowest BCUT2D eigenvalue weighted by Gasteiger charge is -2.32. The number of ether oxygens (including phenoxy) is 1. The highest BCUT2D eigenvalue weighted by Crippen LogP contribution is 2.26. The quantitative estimate of drug-likeness (QED) is 0.250. The van der Waals surface area contributed by atoms with Gasteiger partial charge in [0.2, 0.25) is 17.6 Å². The van der Waals surface area contributed by atoms with Gasteiger partial charge in [-0.15, -0.1) is 18.3 Å². The van der Waals surface area contributed by atoms with Crippen LogP contribution in [0.1, 0.15) is 48.2 Å². The molecule has 1 aromatic carbocycles. The maximum atomic E-state index is 14.8. The molecule has 1 fully saturated rings. The van der Waals surface area contributed by atoms with Crippen molar-refractivity contribution in [2.45, 2.75) is 70.4 Å².